The third-order valence-corrected chi connectivity index (χ3v) is 7.69. The van der Waals surface area contributed by atoms with Gasteiger partial charge in [-0.05, 0) is 41.0 Å². The second-order valence-corrected chi connectivity index (χ2v) is 9.74. The van der Waals surface area contributed by atoms with E-state index in [-0.39, 0.29) is 43.9 Å². The summed E-state index contributed by atoms with van der Waals surface area (Å²) in [5.41, 5.74) is 4.54. The number of carbonyl (C=O) groups excluding carboxylic acids is 2. The van der Waals surface area contributed by atoms with Crippen LogP contribution in [0.5, 0.6) is 0 Å². The Hall–Kier alpha value is -3.39. The molecule has 3 aliphatic rings. The molecule has 8 heteroatoms. The predicted octanol–water partition coefficient (Wildman–Crippen LogP) is 2.99. The molecule has 3 N–H and O–H groups in total. The molecule has 0 spiro atoms. The highest BCUT2D eigenvalue weighted by atomic mass is 16.5. The maximum Gasteiger partial charge on any atom is 0.407 e. The van der Waals surface area contributed by atoms with Crippen LogP contribution in [0.15, 0.2) is 48.5 Å². The molecule has 1 saturated heterocycles. The fourth-order valence-corrected chi connectivity index (χ4v) is 5.65. The summed E-state index contributed by atoms with van der Waals surface area (Å²) in [5, 5.41) is 22.2. The monoisotopic (exact) mass is 478 g/mol. The van der Waals surface area contributed by atoms with Gasteiger partial charge in [-0.1, -0.05) is 55.0 Å². The van der Waals surface area contributed by atoms with Gasteiger partial charge in [-0.15, -0.1) is 0 Å². The molecular weight excluding hydrogens is 448 g/mol. The summed E-state index contributed by atoms with van der Waals surface area (Å²) < 4.78 is 5.59. The van der Waals surface area contributed by atoms with E-state index in [0.717, 1.165) is 41.5 Å². The van der Waals surface area contributed by atoms with Gasteiger partial charge in [0.1, 0.15) is 12.6 Å². The van der Waals surface area contributed by atoms with Gasteiger partial charge in [0.15, 0.2) is 0 Å². The van der Waals surface area contributed by atoms with Crippen molar-refractivity contribution in [2.24, 2.45) is 11.8 Å². The molecule has 184 valence electrons. The number of benzene rings is 2. The summed E-state index contributed by atoms with van der Waals surface area (Å²) in [6, 6.07) is 15.2. The summed E-state index contributed by atoms with van der Waals surface area (Å²) in [5.74, 6) is -1.94. The number of β-amino-alcohol motifs (C(OH)–C–C–N with tert-alkyl or cyclic N) is 1. The minimum absolute atomic E-state index is 0.00393. The van der Waals surface area contributed by atoms with Gasteiger partial charge in [-0.3, -0.25) is 4.79 Å². The van der Waals surface area contributed by atoms with E-state index in [1.54, 1.807) is 0 Å². The van der Waals surface area contributed by atoms with Crippen LogP contribution in [0.2, 0.25) is 0 Å². The molecule has 2 aliphatic carbocycles. The van der Waals surface area contributed by atoms with Crippen LogP contribution < -0.4 is 5.32 Å². The highest BCUT2D eigenvalue weighted by Gasteiger charge is 2.44. The fourth-order valence-electron chi connectivity index (χ4n) is 5.65. The molecule has 1 saturated carbocycles. The Morgan fingerprint density at radius 2 is 1.66 bits per heavy atom. The number of aliphatic hydroxyl groups is 1. The van der Waals surface area contributed by atoms with E-state index in [1.807, 2.05) is 24.3 Å². The summed E-state index contributed by atoms with van der Waals surface area (Å²) >= 11 is 0. The number of aliphatic carboxylic acids is 1. The largest absolute Gasteiger partial charge is 0.480 e. The van der Waals surface area contributed by atoms with Gasteiger partial charge < -0.3 is 25.2 Å². The molecule has 2 fully saturated rings. The van der Waals surface area contributed by atoms with Crippen molar-refractivity contribution in [1.82, 2.24) is 10.2 Å². The molecule has 0 aromatic heterocycles. The number of nitrogens with zero attached hydrogens (tertiary/aromatic N) is 1. The zero-order valence-corrected chi connectivity index (χ0v) is 19.4. The number of alkyl carbamates (subject to hydrolysis) is 1. The molecule has 2 aromatic rings. The number of likely N-dealkylation sites (tertiary alicyclic amines) is 1. The molecule has 2 aromatic carbocycles. The molecule has 35 heavy (non-hydrogen) atoms. The summed E-state index contributed by atoms with van der Waals surface area (Å²) in [6.07, 6.45) is 1.30. The van der Waals surface area contributed by atoms with E-state index in [9.17, 15) is 24.6 Å². The summed E-state index contributed by atoms with van der Waals surface area (Å²) in [4.78, 5) is 38.7. The Balaban J connectivity index is 1.22. The van der Waals surface area contributed by atoms with Gasteiger partial charge in [0, 0.05) is 25.4 Å². The first kappa shape index (κ1) is 23.4. The predicted molar refractivity (Wildman–Crippen MR) is 128 cm³/mol. The first-order chi connectivity index (χ1) is 16.9. The first-order valence-corrected chi connectivity index (χ1v) is 12.2. The van der Waals surface area contributed by atoms with E-state index in [0.29, 0.717) is 0 Å². The highest BCUT2D eigenvalue weighted by Crippen LogP contribution is 2.44. The average molecular weight is 479 g/mol. The molecule has 1 heterocycles. The van der Waals surface area contributed by atoms with Gasteiger partial charge in [0.05, 0.1) is 12.0 Å². The Bertz CT molecular complexity index is 1080. The van der Waals surface area contributed by atoms with Crippen LogP contribution in [0.1, 0.15) is 42.7 Å². The number of rotatable bonds is 7. The molecule has 0 bridgehead atoms. The summed E-state index contributed by atoms with van der Waals surface area (Å²) in [7, 11) is 0. The molecule has 0 radical (unpaired) electrons. The molecule has 2 unspecified atom stereocenters. The second-order valence-electron chi connectivity index (χ2n) is 9.74. The number of hydrogen-bond donors (Lipinski definition) is 3. The van der Waals surface area contributed by atoms with Crippen molar-refractivity contribution < 1.29 is 29.3 Å². The Morgan fingerprint density at radius 1 is 1.03 bits per heavy atom. The minimum Gasteiger partial charge on any atom is -0.480 e. The maximum absolute atomic E-state index is 13.3. The van der Waals surface area contributed by atoms with Crippen molar-refractivity contribution in [2.75, 3.05) is 19.7 Å². The average Bonchev–Trinajstić information content (AvgIpc) is 3.37. The maximum atomic E-state index is 13.3. The Morgan fingerprint density at radius 3 is 2.23 bits per heavy atom. The van der Waals surface area contributed by atoms with E-state index in [1.165, 1.54) is 4.90 Å². The molecule has 5 rings (SSSR count). The minimum atomic E-state index is -1.12. The van der Waals surface area contributed by atoms with Crippen molar-refractivity contribution in [3.8, 4) is 11.1 Å². The number of fused-ring (bicyclic) bond motifs is 3. The van der Waals surface area contributed by atoms with Crippen LogP contribution in [0, 0.1) is 11.8 Å². The van der Waals surface area contributed by atoms with Crippen molar-refractivity contribution >= 4 is 18.0 Å². The lowest BCUT2D eigenvalue weighted by atomic mass is 9.75. The highest BCUT2D eigenvalue weighted by molar-refractivity contribution is 5.86. The van der Waals surface area contributed by atoms with Gasteiger partial charge in [0.25, 0.3) is 0 Å². The van der Waals surface area contributed by atoms with Crippen LogP contribution in [0.25, 0.3) is 11.1 Å². The van der Waals surface area contributed by atoms with Crippen LogP contribution >= 0.6 is 0 Å². The number of hydrogen-bond acceptors (Lipinski definition) is 5. The lowest BCUT2D eigenvalue weighted by molar-refractivity contribution is -0.151. The topological polar surface area (TPSA) is 116 Å². The number of amides is 2. The van der Waals surface area contributed by atoms with Gasteiger partial charge in [0.2, 0.25) is 5.91 Å². The van der Waals surface area contributed by atoms with Crippen LogP contribution in [-0.2, 0) is 14.3 Å². The zero-order chi connectivity index (χ0) is 24.5. The first-order valence-electron chi connectivity index (χ1n) is 12.2. The lowest BCUT2D eigenvalue weighted by Gasteiger charge is -2.36. The van der Waals surface area contributed by atoms with Crippen molar-refractivity contribution in [1.29, 1.82) is 0 Å². The SMILES string of the molecule is O=C(NCC(C(=O)N1CC(O)C[C@H]1C(=O)O)C1CCC1)OCC1c2ccccc2-c2ccccc21. The van der Waals surface area contributed by atoms with Crippen LogP contribution in [0.4, 0.5) is 4.79 Å². The third-order valence-electron chi connectivity index (χ3n) is 7.69. The van der Waals surface area contributed by atoms with E-state index in [2.05, 4.69) is 29.6 Å². The molecule has 2 amide bonds. The van der Waals surface area contributed by atoms with Crippen LogP contribution in [0.3, 0.4) is 0 Å². The van der Waals surface area contributed by atoms with Crippen LogP contribution in [-0.4, -0.2) is 64.9 Å². The van der Waals surface area contributed by atoms with Gasteiger partial charge >= 0.3 is 12.1 Å². The van der Waals surface area contributed by atoms with Crippen molar-refractivity contribution in [3.63, 3.8) is 0 Å². The summed E-state index contributed by atoms with van der Waals surface area (Å²) in [6.45, 7) is 0.268. The van der Waals surface area contributed by atoms with Crippen molar-refractivity contribution in [2.45, 2.75) is 43.7 Å². The molecule has 8 nitrogen and oxygen atoms in total. The lowest BCUT2D eigenvalue weighted by Crippen LogP contribution is -2.49. The van der Waals surface area contributed by atoms with Gasteiger partial charge in [-0.2, -0.15) is 0 Å². The zero-order valence-electron chi connectivity index (χ0n) is 19.4. The third kappa shape index (κ3) is 4.50. The van der Waals surface area contributed by atoms with Gasteiger partial charge in [-0.25, -0.2) is 9.59 Å². The Kier molecular flexibility index (Phi) is 6.47. The Labute approximate surface area is 203 Å². The number of carbonyl (C=O) groups is 3. The quantitative estimate of drug-likeness (QED) is 0.563. The number of carboxylic acid groups (broad SMARTS) is 1. The normalized spacial score (nSPS) is 22.1. The fraction of sp³-hybridized carbons (Fsp3) is 0.444. The number of nitrogens with one attached hydrogen (secondary N) is 1. The van der Waals surface area contributed by atoms with E-state index < -0.39 is 30.1 Å². The number of ether oxygens (including phenoxy) is 1. The second kappa shape index (κ2) is 9.70. The van der Waals surface area contributed by atoms with Crippen molar-refractivity contribution in [3.05, 3.63) is 59.7 Å². The number of aliphatic hydroxyl groups excluding tert-OH is 1. The standard InChI is InChI=1S/C27H30N2O6/c30-17-12-24(26(32)33)29(14-17)25(31)22(16-6-5-7-16)13-28-27(34)35-15-23-20-10-3-1-8-18(20)19-9-2-4-11-21(19)23/h1-4,8-11,16-17,22-24,30H,5-7,12-15H2,(H,28,34)(H,32,33)/t17?,22?,24-/m0/s1. The van der Waals surface area contributed by atoms with E-state index in [4.69, 9.17) is 4.74 Å². The molecule has 3 atom stereocenters. The van der Waals surface area contributed by atoms with E-state index >= 15 is 0 Å². The smallest absolute Gasteiger partial charge is 0.407 e. The molecule has 1 aliphatic heterocycles. The number of carboxylic acids is 1. The molecular formula is C27H30N2O6.